The topological polar surface area (TPSA) is 26.1 Å². The largest absolute Gasteiger partial charge is 0.321 e. The average molecular weight is 345 g/mol. The van der Waals surface area contributed by atoms with Crippen molar-refractivity contribution in [3.05, 3.63) is 66.9 Å². The van der Waals surface area contributed by atoms with Crippen LogP contribution < -0.4 is 4.57 Å². The molecule has 0 spiro atoms. The summed E-state index contributed by atoms with van der Waals surface area (Å²) in [5.41, 5.74) is 6.23. The van der Waals surface area contributed by atoms with Gasteiger partial charge in [-0.05, 0) is 30.3 Å². The van der Waals surface area contributed by atoms with Gasteiger partial charge in [0.1, 0.15) is 18.7 Å². The maximum absolute atomic E-state index is 13.2. The van der Waals surface area contributed by atoms with Crippen molar-refractivity contribution in [2.45, 2.75) is 6.54 Å². The first-order chi connectivity index (χ1) is 12.8. The third kappa shape index (κ3) is 2.07. The molecule has 0 amide bonds. The van der Waals surface area contributed by atoms with Crippen LogP contribution in [0, 0.1) is 0 Å². The number of hydrogen-bond acceptors (Lipinski definition) is 1. The van der Waals surface area contributed by atoms with Crippen molar-refractivity contribution in [1.82, 2.24) is 14.0 Å². The second kappa shape index (κ2) is 5.66. The fraction of sp³-hybridized carbons (Fsp3) is 0.143. The van der Waals surface area contributed by atoms with Gasteiger partial charge in [0.25, 0.3) is 5.65 Å². The molecule has 4 nitrogen and oxygen atoms in total. The zero-order valence-electron chi connectivity index (χ0n) is 14.4. The van der Waals surface area contributed by atoms with Crippen LogP contribution in [0.4, 0.5) is 4.39 Å². The molecule has 0 atom stereocenters. The molecular weight excluding hydrogens is 327 g/mol. The minimum Gasteiger partial charge on any atom is -0.321 e. The lowest BCUT2D eigenvalue weighted by molar-refractivity contribution is -0.618. The molecule has 3 heterocycles. The van der Waals surface area contributed by atoms with Crippen molar-refractivity contribution < 1.29 is 8.96 Å². The highest BCUT2D eigenvalue weighted by Crippen LogP contribution is 2.26. The molecule has 2 aromatic carbocycles. The Morgan fingerprint density at radius 3 is 2.58 bits per heavy atom. The molecule has 0 aliphatic carbocycles. The summed E-state index contributed by atoms with van der Waals surface area (Å²) in [6.45, 7) is -0.120. The Balaban J connectivity index is 1.81. The second-order valence-corrected chi connectivity index (χ2v) is 6.46. The minimum absolute atomic E-state index is 0.300. The maximum Gasteiger partial charge on any atom is 0.286 e. The predicted molar refractivity (Wildman–Crippen MR) is 101 cm³/mol. The minimum atomic E-state index is -0.420. The number of imidazole rings is 2. The molecule has 3 aromatic heterocycles. The first-order valence-corrected chi connectivity index (χ1v) is 8.68. The molecule has 0 saturated carbocycles. The molecule has 0 aliphatic rings. The summed E-state index contributed by atoms with van der Waals surface area (Å²) in [5.74, 6) is 0.797. The van der Waals surface area contributed by atoms with E-state index in [1.54, 1.807) is 0 Å². The van der Waals surface area contributed by atoms with E-state index in [1.165, 1.54) is 5.52 Å². The van der Waals surface area contributed by atoms with Crippen molar-refractivity contribution >= 4 is 27.7 Å². The summed E-state index contributed by atoms with van der Waals surface area (Å²) in [5, 5.41) is 0. The molecular formula is C21H18FN4+. The predicted octanol–water partition coefficient (Wildman–Crippen LogP) is 3.90. The number of aryl methyl sites for hydroxylation is 2. The van der Waals surface area contributed by atoms with Gasteiger partial charge in [0, 0.05) is 6.07 Å². The van der Waals surface area contributed by atoms with E-state index in [4.69, 9.17) is 4.98 Å². The molecule has 0 N–H and O–H groups in total. The Kier molecular flexibility index (Phi) is 3.28. The highest BCUT2D eigenvalue weighted by atomic mass is 19.1. The molecule has 128 valence electrons. The van der Waals surface area contributed by atoms with Crippen LogP contribution in [0.2, 0.25) is 0 Å². The lowest BCUT2D eigenvalue weighted by Crippen LogP contribution is -2.26. The van der Waals surface area contributed by atoms with Crippen LogP contribution >= 0.6 is 0 Å². The van der Waals surface area contributed by atoms with Crippen LogP contribution in [-0.4, -0.2) is 20.6 Å². The van der Waals surface area contributed by atoms with Gasteiger partial charge in [0.2, 0.25) is 0 Å². The molecule has 26 heavy (non-hydrogen) atoms. The first-order valence-electron chi connectivity index (χ1n) is 8.68. The molecule has 0 aliphatic heterocycles. The maximum atomic E-state index is 13.2. The van der Waals surface area contributed by atoms with Crippen molar-refractivity contribution in [2.24, 2.45) is 7.05 Å². The van der Waals surface area contributed by atoms with Gasteiger partial charge in [-0.2, -0.15) is 4.40 Å². The average Bonchev–Trinajstić information content (AvgIpc) is 3.19. The number of alkyl halides is 1. The van der Waals surface area contributed by atoms with Gasteiger partial charge in [-0.1, -0.05) is 24.3 Å². The highest BCUT2D eigenvalue weighted by Gasteiger charge is 2.19. The van der Waals surface area contributed by atoms with Gasteiger partial charge >= 0.3 is 0 Å². The monoisotopic (exact) mass is 345 g/mol. The van der Waals surface area contributed by atoms with Crippen molar-refractivity contribution in [2.75, 3.05) is 6.67 Å². The number of benzene rings is 2. The van der Waals surface area contributed by atoms with Crippen molar-refractivity contribution in [1.29, 1.82) is 0 Å². The summed E-state index contributed by atoms with van der Waals surface area (Å²) >= 11 is 0. The Morgan fingerprint density at radius 1 is 0.962 bits per heavy atom. The highest BCUT2D eigenvalue weighted by molar-refractivity contribution is 5.81. The van der Waals surface area contributed by atoms with E-state index in [2.05, 4.69) is 46.5 Å². The summed E-state index contributed by atoms with van der Waals surface area (Å²) < 4.78 is 19.5. The molecule has 5 rings (SSSR count). The number of nitrogens with zero attached hydrogens (tertiary/aromatic N) is 4. The summed E-state index contributed by atoms with van der Waals surface area (Å²) in [4.78, 5) is 4.77. The molecule has 0 fully saturated rings. The number of halogens is 1. The second-order valence-electron chi connectivity index (χ2n) is 6.46. The van der Waals surface area contributed by atoms with Gasteiger partial charge in [-0.25, -0.2) is 13.9 Å². The Hall–Kier alpha value is -3.21. The van der Waals surface area contributed by atoms with Gasteiger partial charge in [-0.15, -0.1) is 0 Å². The number of hydrogen-bond donors (Lipinski definition) is 0. The normalized spacial score (nSPS) is 11.8. The standard InChI is InChI=1S/C21H18FN4/c1-24-18-8-4-5-9-19(18)26-14-15(10-11-20(24)26)21-23-16-6-2-3-7-17(16)25(21)13-12-22/h2-11,14H,12-13H2,1H3/q+1. The summed E-state index contributed by atoms with van der Waals surface area (Å²) in [6.07, 6.45) is 2.09. The molecule has 0 saturated heterocycles. The van der Waals surface area contributed by atoms with Gasteiger partial charge in [0.15, 0.2) is 11.0 Å². The van der Waals surface area contributed by atoms with E-state index in [0.29, 0.717) is 6.54 Å². The smallest absolute Gasteiger partial charge is 0.286 e. The lowest BCUT2D eigenvalue weighted by Gasteiger charge is -2.06. The number of para-hydroxylation sites is 4. The molecule has 0 unspecified atom stereocenters. The Bertz CT molecular complexity index is 1270. The lowest BCUT2D eigenvalue weighted by atomic mass is 10.2. The fourth-order valence-electron chi connectivity index (χ4n) is 3.77. The van der Waals surface area contributed by atoms with Crippen LogP contribution in [0.3, 0.4) is 0 Å². The van der Waals surface area contributed by atoms with E-state index in [-0.39, 0.29) is 0 Å². The number of rotatable bonds is 3. The van der Waals surface area contributed by atoms with Gasteiger partial charge in [-0.3, -0.25) is 0 Å². The van der Waals surface area contributed by atoms with Crippen molar-refractivity contribution in [3.63, 3.8) is 0 Å². The summed E-state index contributed by atoms with van der Waals surface area (Å²) in [7, 11) is 2.07. The Labute approximate surface area is 149 Å². The van der Waals surface area contributed by atoms with Gasteiger partial charge < -0.3 is 4.57 Å². The molecule has 0 radical (unpaired) electrons. The van der Waals surface area contributed by atoms with E-state index in [0.717, 1.165) is 33.6 Å². The quantitative estimate of drug-likeness (QED) is 0.456. The first kappa shape index (κ1) is 15.1. The third-order valence-corrected chi connectivity index (χ3v) is 4.99. The van der Waals surface area contributed by atoms with Crippen LogP contribution in [0.15, 0.2) is 66.9 Å². The van der Waals surface area contributed by atoms with Crippen LogP contribution in [0.25, 0.3) is 39.1 Å². The number of aromatic nitrogens is 4. The van der Waals surface area contributed by atoms with E-state index in [1.807, 2.05) is 41.0 Å². The Morgan fingerprint density at radius 2 is 1.73 bits per heavy atom. The molecule has 5 heteroatoms. The van der Waals surface area contributed by atoms with E-state index >= 15 is 0 Å². The van der Waals surface area contributed by atoms with Crippen molar-refractivity contribution in [3.8, 4) is 11.4 Å². The van der Waals surface area contributed by atoms with Crippen LogP contribution in [0.5, 0.6) is 0 Å². The van der Waals surface area contributed by atoms with E-state index < -0.39 is 6.67 Å². The van der Waals surface area contributed by atoms with Crippen LogP contribution in [-0.2, 0) is 13.6 Å². The zero-order chi connectivity index (χ0) is 17.7. The SMILES string of the molecule is C[n+]1c2ccccc2n2cc(-c3nc4ccccc4n3CCF)ccc21. The molecule has 0 bridgehead atoms. The van der Waals surface area contributed by atoms with Gasteiger partial charge in [0.05, 0.1) is 30.2 Å². The zero-order valence-corrected chi connectivity index (χ0v) is 14.4. The van der Waals surface area contributed by atoms with E-state index in [9.17, 15) is 4.39 Å². The van der Waals surface area contributed by atoms with Crippen LogP contribution in [0.1, 0.15) is 0 Å². The number of fused-ring (bicyclic) bond motifs is 4. The fourth-order valence-corrected chi connectivity index (χ4v) is 3.77. The molecule has 5 aromatic rings. The third-order valence-electron chi connectivity index (χ3n) is 4.99. The number of pyridine rings is 1. The summed E-state index contributed by atoms with van der Waals surface area (Å²) in [6, 6.07) is 20.3.